The second-order valence-electron chi connectivity index (χ2n) is 3.98. The molecule has 0 aliphatic rings. The van der Waals surface area contributed by atoms with E-state index in [-0.39, 0.29) is 0 Å². The first kappa shape index (κ1) is 14.0. The minimum Gasteiger partial charge on any atom is -0.496 e. The van der Waals surface area contributed by atoms with Gasteiger partial charge in [-0.3, -0.25) is 4.79 Å². The number of benzene rings is 1. The summed E-state index contributed by atoms with van der Waals surface area (Å²) in [5, 5.41) is 11.4. The van der Waals surface area contributed by atoms with E-state index in [4.69, 9.17) is 9.84 Å². The lowest BCUT2D eigenvalue weighted by Gasteiger charge is -2.14. The van der Waals surface area contributed by atoms with E-state index in [0.717, 1.165) is 5.56 Å². The Hall–Kier alpha value is -2.04. The van der Waals surface area contributed by atoms with Crippen LogP contribution < -0.4 is 10.1 Å². The van der Waals surface area contributed by atoms with Crippen molar-refractivity contribution in [3.8, 4) is 5.75 Å². The summed E-state index contributed by atoms with van der Waals surface area (Å²) in [6.45, 7) is 3.55. The Morgan fingerprint density at radius 1 is 1.44 bits per heavy atom. The van der Waals surface area contributed by atoms with Gasteiger partial charge >= 0.3 is 5.97 Å². The van der Waals surface area contributed by atoms with Crippen LogP contribution in [0.25, 0.3) is 0 Å². The SMILES string of the molecule is CC[C@@H](NC(=O)c1cc(C)ccc1OC)C(=O)O. The summed E-state index contributed by atoms with van der Waals surface area (Å²) in [7, 11) is 1.47. The van der Waals surface area contributed by atoms with Gasteiger partial charge in [0.25, 0.3) is 5.91 Å². The minimum atomic E-state index is -1.04. The van der Waals surface area contributed by atoms with Crippen LogP contribution in [-0.4, -0.2) is 30.1 Å². The van der Waals surface area contributed by atoms with Gasteiger partial charge in [0, 0.05) is 0 Å². The van der Waals surface area contributed by atoms with E-state index >= 15 is 0 Å². The van der Waals surface area contributed by atoms with Crippen molar-refractivity contribution in [3.05, 3.63) is 29.3 Å². The lowest BCUT2D eigenvalue weighted by atomic mass is 10.1. The van der Waals surface area contributed by atoms with Gasteiger partial charge < -0.3 is 15.2 Å². The number of carboxylic acids is 1. The molecule has 0 heterocycles. The summed E-state index contributed by atoms with van der Waals surface area (Å²) in [5.41, 5.74) is 1.25. The molecule has 0 bridgehead atoms. The Bertz CT molecular complexity index is 456. The third-order valence-electron chi connectivity index (χ3n) is 2.61. The Balaban J connectivity index is 2.96. The number of hydrogen-bond acceptors (Lipinski definition) is 3. The molecule has 1 atom stereocenters. The monoisotopic (exact) mass is 251 g/mol. The van der Waals surface area contributed by atoms with Gasteiger partial charge in [0.2, 0.25) is 0 Å². The van der Waals surface area contributed by atoms with Crippen molar-refractivity contribution < 1.29 is 19.4 Å². The fraction of sp³-hybridized carbons (Fsp3) is 0.385. The first-order chi connectivity index (χ1) is 8.49. The van der Waals surface area contributed by atoms with Crippen molar-refractivity contribution in [1.29, 1.82) is 0 Å². The molecule has 0 spiro atoms. The van der Waals surface area contributed by atoms with Crippen LogP contribution in [0.3, 0.4) is 0 Å². The number of nitrogens with one attached hydrogen (secondary N) is 1. The van der Waals surface area contributed by atoms with Gasteiger partial charge in [-0.05, 0) is 25.5 Å². The van der Waals surface area contributed by atoms with E-state index in [1.54, 1.807) is 19.1 Å². The van der Waals surface area contributed by atoms with Gasteiger partial charge in [0.05, 0.1) is 12.7 Å². The van der Waals surface area contributed by atoms with E-state index < -0.39 is 17.9 Å². The maximum atomic E-state index is 12.0. The van der Waals surface area contributed by atoms with Crippen LogP contribution >= 0.6 is 0 Å². The van der Waals surface area contributed by atoms with E-state index in [0.29, 0.717) is 17.7 Å². The van der Waals surface area contributed by atoms with Crippen molar-refractivity contribution in [2.75, 3.05) is 7.11 Å². The molecule has 0 radical (unpaired) electrons. The van der Waals surface area contributed by atoms with Crippen LogP contribution in [0.4, 0.5) is 0 Å². The first-order valence-electron chi connectivity index (χ1n) is 5.67. The molecule has 0 fully saturated rings. The second kappa shape index (κ2) is 6.05. The number of rotatable bonds is 5. The highest BCUT2D eigenvalue weighted by molar-refractivity contribution is 5.99. The van der Waals surface area contributed by atoms with Crippen LogP contribution in [0.15, 0.2) is 18.2 Å². The van der Waals surface area contributed by atoms with Crippen LogP contribution in [0.5, 0.6) is 5.75 Å². The summed E-state index contributed by atoms with van der Waals surface area (Å²) in [5.74, 6) is -1.05. The maximum absolute atomic E-state index is 12.0. The van der Waals surface area contributed by atoms with E-state index in [2.05, 4.69) is 5.32 Å². The largest absolute Gasteiger partial charge is 0.496 e. The average Bonchev–Trinajstić information content (AvgIpc) is 2.35. The van der Waals surface area contributed by atoms with E-state index in [9.17, 15) is 9.59 Å². The van der Waals surface area contributed by atoms with Gasteiger partial charge in [-0.25, -0.2) is 4.79 Å². The van der Waals surface area contributed by atoms with E-state index in [1.165, 1.54) is 7.11 Å². The molecule has 98 valence electrons. The molecule has 1 amide bonds. The summed E-state index contributed by atoms with van der Waals surface area (Å²) >= 11 is 0. The lowest BCUT2D eigenvalue weighted by Crippen LogP contribution is -2.40. The number of aliphatic carboxylic acids is 1. The summed E-state index contributed by atoms with van der Waals surface area (Å²) < 4.78 is 5.09. The van der Waals surface area contributed by atoms with Gasteiger partial charge in [-0.2, -0.15) is 0 Å². The zero-order chi connectivity index (χ0) is 13.7. The van der Waals surface area contributed by atoms with Gasteiger partial charge in [-0.15, -0.1) is 0 Å². The van der Waals surface area contributed by atoms with Crippen LogP contribution in [0, 0.1) is 6.92 Å². The molecule has 0 unspecified atom stereocenters. The zero-order valence-electron chi connectivity index (χ0n) is 10.7. The van der Waals surface area contributed by atoms with Crippen molar-refractivity contribution in [3.63, 3.8) is 0 Å². The molecular weight excluding hydrogens is 234 g/mol. The van der Waals surface area contributed by atoms with Crippen molar-refractivity contribution in [1.82, 2.24) is 5.32 Å². The third kappa shape index (κ3) is 3.23. The predicted molar refractivity (Wildman–Crippen MR) is 66.9 cm³/mol. The van der Waals surface area contributed by atoms with Crippen molar-refractivity contribution >= 4 is 11.9 Å². The number of carboxylic acid groups (broad SMARTS) is 1. The first-order valence-corrected chi connectivity index (χ1v) is 5.67. The fourth-order valence-corrected chi connectivity index (χ4v) is 1.57. The molecular formula is C13H17NO4. The van der Waals surface area contributed by atoms with Crippen molar-refractivity contribution in [2.45, 2.75) is 26.3 Å². The van der Waals surface area contributed by atoms with Gasteiger partial charge in [-0.1, -0.05) is 18.6 Å². The van der Waals surface area contributed by atoms with Crippen LogP contribution in [-0.2, 0) is 4.79 Å². The highest BCUT2D eigenvalue weighted by atomic mass is 16.5. The fourth-order valence-electron chi connectivity index (χ4n) is 1.57. The molecule has 0 aliphatic carbocycles. The Morgan fingerprint density at radius 3 is 2.61 bits per heavy atom. The molecule has 0 saturated carbocycles. The molecule has 1 rings (SSSR count). The Kier molecular flexibility index (Phi) is 4.71. The van der Waals surface area contributed by atoms with Crippen molar-refractivity contribution in [2.24, 2.45) is 0 Å². The number of aryl methyl sites for hydroxylation is 1. The number of carbonyl (C=O) groups excluding carboxylic acids is 1. The molecule has 18 heavy (non-hydrogen) atoms. The molecule has 0 aliphatic heterocycles. The maximum Gasteiger partial charge on any atom is 0.326 e. The number of hydrogen-bond donors (Lipinski definition) is 2. The molecule has 1 aromatic carbocycles. The number of ether oxygens (including phenoxy) is 1. The Labute approximate surface area is 106 Å². The summed E-state index contributed by atoms with van der Waals surface area (Å²) in [6.07, 6.45) is 0.329. The molecule has 5 nitrogen and oxygen atoms in total. The highest BCUT2D eigenvalue weighted by Crippen LogP contribution is 2.19. The standard InChI is InChI=1S/C13H17NO4/c1-4-10(13(16)17)14-12(15)9-7-8(2)5-6-11(9)18-3/h5-7,10H,4H2,1-3H3,(H,14,15)(H,16,17)/t10-/m1/s1. The predicted octanol–water partition coefficient (Wildman–Crippen LogP) is 1.60. The summed E-state index contributed by atoms with van der Waals surface area (Å²) in [4.78, 5) is 22.9. The number of amides is 1. The molecule has 5 heteroatoms. The average molecular weight is 251 g/mol. The number of carbonyl (C=O) groups is 2. The second-order valence-corrected chi connectivity index (χ2v) is 3.98. The number of methoxy groups -OCH3 is 1. The van der Waals surface area contributed by atoms with Crippen LogP contribution in [0.2, 0.25) is 0 Å². The summed E-state index contributed by atoms with van der Waals surface area (Å²) in [6, 6.07) is 4.29. The minimum absolute atomic E-state index is 0.329. The molecule has 1 aromatic rings. The molecule has 0 aromatic heterocycles. The molecule has 2 N–H and O–H groups in total. The van der Waals surface area contributed by atoms with Crippen LogP contribution in [0.1, 0.15) is 29.3 Å². The van der Waals surface area contributed by atoms with E-state index in [1.807, 2.05) is 13.0 Å². The van der Waals surface area contributed by atoms with Gasteiger partial charge in [0.1, 0.15) is 11.8 Å². The quantitative estimate of drug-likeness (QED) is 0.833. The normalized spacial score (nSPS) is 11.7. The molecule has 0 saturated heterocycles. The highest BCUT2D eigenvalue weighted by Gasteiger charge is 2.20. The topological polar surface area (TPSA) is 75.6 Å². The lowest BCUT2D eigenvalue weighted by molar-refractivity contribution is -0.139. The Morgan fingerprint density at radius 2 is 2.11 bits per heavy atom. The van der Waals surface area contributed by atoms with Gasteiger partial charge in [0.15, 0.2) is 0 Å². The third-order valence-corrected chi connectivity index (χ3v) is 2.61. The smallest absolute Gasteiger partial charge is 0.326 e. The zero-order valence-corrected chi connectivity index (χ0v) is 10.7.